The minimum Gasteiger partial charge on any atom is -0.394 e. The Morgan fingerprint density at radius 2 is 1.90 bits per heavy atom. The van der Waals surface area contributed by atoms with E-state index in [9.17, 15) is 15.3 Å². The third-order valence-corrected chi connectivity index (χ3v) is 3.72. The van der Waals surface area contributed by atoms with Crippen molar-refractivity contribution in [3.63, 3.8) is 0 Å². The van der Waals surface area contributed by atoms with Crippen molar-refractivity contribution < 1.29 is 24.8 Å². The highest BCUT2D eigenvalue weighted by Crippen LogP contribution is 2.19. The van der Waals surface area contributed by atoms with Crippen molar-refractivity contribution in [1.29, 1.82) is 0 Å². The minimum atomic E-state index is -0.986. The Kier molecular flexibility index (Phi) is 9.87. The lowest BCUT2D eigenvalue weighted by Crippen LogP contribution is -2.42. The molecule has 0 aliphatic carbocycles. The average molecular weight is 302 g/mol. The first-order valence-corrected chi connectivity index (χ1v) is 8.05. The van der Waals surface area contributed by atoms with Crippen LogP contribution in [-0.2, 0) is 9.47 Å². The van der Waals surface area contributed by atoms with E-state index in [4.69, 9.17) is 9.47 Å². The zero-order chi connectivity index (χ0) is 15.5. The van der Waals surface area contributed by atoms with E-state index < -0.39 is 24.4 Å². The summed E-state index contributed by atoms with van der Waals surface area (Å²) in [6, 6.07) is 0. The van der Waals surface area contributed by atoms with E-state index >= 15 is 0 Å². The summed E-state index contributed by atoms with van der Waals surface area (Å²) in [6.07, 6.45) is 7.99. The van der Waals surface area contributed by atoms with Crippen LogP contribution in [0.15, 0.2) is 12.2 Å². The fourth-order valence-corrected chi connectivity index (χ4v) is 2.39. The summed E-state index contributed by atoms with van der Waals surface area (Å²) >= 11 is 0. The van der Waals surface area contributed by atoms with E-state index in [2.05, 4.69) is 19.1 Å². The van der Waals surface area contributed by atoms with Crippen LogP contribution in [0.3, 0.4) is 0 Å². The fraction of sp³-hybridized carbons (Fsp3) is 0.875. The third-order valence-electron chi connectivity index (χ3n) is 3.72. The Bertz CT molecular complexity index is 282. The molecule has 0 aromatic carbocycles. The second kappa shape index (κ2) is 11.2. The summed E-state index contributed by atoms with van der Waals surface area (Å²) in [4.78, 5) is 0. The highest BCUT2D eigenvalue weighted by molar-refractivity contribution is 4.88. The molecule has 124 valence electrons. The third kappa shape index (κ3) is 6.89. The van der Waals surface area contributed by atoms with E-state index in [1.165, 1.54) is 19.3 Å². The standard InChI is InChI=1S/C16H30O5/c1-2-3-4-5-6-7-8-9-10-20-14(11-17)16-15(19)13(18)12-21-16/h6-7,13-19H,2-5,8-12H2,1H3/b7-6+/t13-,14+,15-,16-/m1/s1. The molecule has 1 aliphatic rings. The summed E-state index contributed by atoms with van der Waals surface area (Å²) in [6.45, 7) is 2.57. The molecule has 0 amide bonds. The maximum atomic E-state index is 9.73. The van der Waals surface area contributed by atoms with Crippen molar-refractivity contribution in [2.45, 2.75) is 69.9 Å². The van der Waals surface area contributed by atoms with Crippen LogP contribution in [0.2, 0.25) is 0 Å². The molecular weight excluding hydrogens is 272 g/mol. The van der Waals surface area contributed by atoms with Crippen LogP contribution < -0.4 is 0 Å². The van der Waals surface area contributed by atoms with E-state index in [0.29, 0.717) is 6.61 Å². The molecule has 3 N–H and O–H groups in total. The number of aliphatic hydroxyl groups is 3. The molecule has 0 aromatic heterocycles. The van der Waals surface area contributed by atoms with Gasteiger partial charge in [0.15, 0.2) is 0 Å². The molecule has 1 saturated heterocycles. The van der Waals surface area contributed by atoms with Gasteiger partial charge in [0.05, 0.1) is 13.2 Å². The van der Waals surface area contributed by atoms with E-state index in [1.807, 2.05) is 0 Å². The zero-order valence-corrected chi connectivity index (χ0v) is 13.0. The van der Waals surface area contributed by atoms with Gasteiger partial charge in [-0.15, -0.1) is 0 Å². The van der Waals surface area contributed by atoms with Crippen LogP contribution >= 0.6 is 0 Å². The number of ether oxygens (including phenoxy) is 2. The largest absolute Gasteiger partial charge is 0.394 e. The van der Waals surface area contributed by atoms with E-state index in [1.54, 1.807) is 0 Å². The van der Waals surface area contributed by atoms with Crippen molar-refractivity contribution in [1.82, 2.24) is 0 Å². The molecule has 4 atom stereocenters. The summed E-state index contributed by atoms with van der Waals surface area (Å²) in [5.74, 6) is 0. The molecule has 0 bridgehead atoms. The first-order chi connectivity index (χ1) is 10.2. The molecule has 1 rings (SSSR count). The molecule has 1 heterocycles. The summed E-state index contributed by atoms with van der Waals surface area (Å²) in [5, 5.41) is 28.4. The second-order valence-corrected chi connectivity index (χ2v) is 5.56. The van der Waals surface area contributed by atoms with Gasteiger partial charge in [-0.25, -0.2) is 0 Å². The maximum absolute atomic E-state index is 9.73. The van der Waals surface area contributed by atoms with Gasteiger partial charge in [-0.2, -0.15) is 0 Å². The van der Waals surface area contributed by atoms with Gasteiger partial charge in [-0.05, 0) is 25.7 Å². The predicted octanol–water partition coefficient (Wildman–Crippen LogP) is 1.40. The first kappa shape index (κ1) is 18.6. The molecule has 5 heteroatoms. The normalized spacial score (nSPS) is 27.5. The number of rotatable bonds is 11. The Morgan fingerprint density at radius 1 is 1.19 bits per heavy atom. The molecule has 21 heavy (non-hydrogen) atoms. The first-order valence-electron chi connectivity index (χ1n) is 8.05. The van der Waals surface area contributed by atoms with E-state index in [0.717, 1.165) is 19.3 Å². The molecule has 0 spiro atoms. The van der Waals surface area contributed by atoms with Gasteiger partial charge in [-0.3, -0.25) is 0 Å². The molecule has 0 saturated carbocycles. The summed E-state index contributed by atoms with van der Waals surface area (Å²) < 4.78 is 10.8. The zero-order valence-electron chi connectivity index (χ0n) is 13.0. The predicted molar refractivity (Wildman–Crippen MR) is 81.1 cm³/mol. The quantitative estimate of drug-likeness (QED) is 0.397. The molecule has 0 radical (unpaired) electrons. The Morgan fingerprint density at radius 3 is 2.48 bits per heavy atom. The second-order valence-electron chi connectivity index (χ2n) is 5.56. The van der Waals surface area contributed by atoms with Gasteiger partial charge in [-0.1, -0.05) is 31.9 Å². The number of hydrogen-bond acceptors (Lipinski definition) is 5. The monoisotopic (exact) mass is 302 g/mol. The minimum absolute atomic E-state index is 0.0895. The lowest BCUT2D eigenvalue weighted by molar-refractivity contribution is -0.101. The van der Waals surface area contributed by atoms with Crippen molar-refractivity contribution in [2.75, 3.05) is 19.8 Å². The fourth-order valence-electron chi connectivity index (χ4n) is 2.39. The molecule has 0 unspecified atom stereocenters. The van der Waals surface area contributed by atoms with Crippen molar-refractivity contribution in [3.05, 3.63) is 12.2 Å². The van der Waals surface area contributed by atoms with Crippen molar-refractivity contribution in [2.24, 2.45) is 0 Å². The summed E-state index contributed by atoms with van der Waals surface area (Å²) in [5.41, 5.74) is 0. The highest BCUT2D eigenvalue weighted by Gasteiger charge is 2.40. The number of hydrogen-bond donors (Lipinski definition) is 3. The Labute approximate surface area is 127 Å². The molecule has 5 nitrogen and oxygen atoms in total. The Hall–Kier alpha value is -0.460. The lowest BCUT2D eigenvalue weighted by atomic mass is 10.1. The number of aliphatic hydroxyl groups excluding tert-OH is 3. The summed E-state index contributed by atoms with van der Waals surface area (Å²) in [7, 11) is 0. The maximum Gasteiger partial charge on any atom is 0.114 e. The van der Waals surface area contributed by atoms with E-state index in [-0.39, 0.29) is 13.2 Å². The van der Waals surface area contributed by atoms with Crippen molar-refractivity contribution in [3.8, 4) is 0 Å². The van der Waals surface area contributed by atoms with Crippen molar-refractivity contribution >= 4 is 0 Å². The van der Waals surface area contributed by atoms with Gasteiger partial charge >= 0.3 is 0 Å². The van der Waals surface area contributed by atoms with Gasteiger partial charge in [0.1, 0.15) is 24.4 Å². The van der Waals surface area contributed by atoms with Gasteiger partial charge < -0.3 is 24.8 Å². The molecule has 1 aliphatic heterocycles. The van der Waals surface area contributed by atoms with Crippen LogP contribution in [-0.4, -0.2) is 59.6 Å². The molecule has 0 aromatic rings. The lowest BCUT2D eigenvalue weighted by Gasteiger charge is -2.24. The SMILES string of the molecule is CCCCC/C=C/CCCO[C@@H](CO)[C@H]1OC[C@@H](O)[C@H]1O. The molecule has 1 fully saturated rings. The van der Waals surface area contributed by atoms with Gasteiger partial charge in [0.25, 0.3) is 0 Å². The van der Waals surface area contributed by atoms with Crippen LogP contribution in [0.4, 0.5) is 0 Å². The van der Waals surface area contributed by atoms with Gasteiger partial charge in [0.2, 0.25) is 0 Å². The Balaban J connectivity index is 2.10. The van der Waals surface area contributed by atoms with Crippen LogP contribution in [0, 0.1) is 0 Å². The van der Waals surface area contributed by atoms with Crippen LogP contribution in [0.5, 0.6) is 0 Å². The number of unbranched alkanes of at least 4 members (excludes halogenated alkanes) is 4. The van der Waals surface area contributed by atoms with Gasteiger partial charge in [0, 0.05) is 6.61 Å². The van der Waals surface area contributed by atoms with Crippen LogP contribution in [0.25, 0.3) is 0 Å². The highest BCUT2D eigenvalue weighted by atomic mass is 16.6. The number of allylic oxidation sites excluding steroid dienone is 2. The smallest absolute Gasteiger partial charge is 0.114 e. The average Bonchev–Trinajstić information content (AvgIpc) is 2.82. The molecular formula is C16H30O5. The van der Waals surface area contributed by atoms with Crippen LogP contribution in [0.1, 0.15) is 45.4 Å². The topological polar surface area (TPSA) is 79.2 Å².